The van der Waals surface area contributed by atoms with Crippen molar-refractivity contribution in [1.29, 1.82) is 0 Å². The molecule has 106 valence electrons. The lowest BCUT2D eigenvalue weighted by Gasteiger charge is -2.04. The van der Waals surface area contributed by atoms with E-state index >= 15 is 0 Å². The van der Waals surface area contributed by atoms with Crippen molar-refractivity contribution in [3.63, 3.8) is 0 Å². The number of nitrogens with zero attached hydrogens (tertiary/aromatic N) is 1. The fourth-order valence-electron chi connectivity index (χ4n) is 2.61. The molecule has 5 heteroatoms. The van der Waals surface area contributed by atoms with Gasteiger partial charge in [0.25, 0.3) is 5.56 Å². The van der Waals surface area contributed by atoms with Crippen LogP contribution in [0.2, 0.25) is 0 Å². The molecule has 0 radical (unpaired) electrons. The van der Waals surface area contributed by atoms with E-state index in [-0.39, 0.29) is 5.56 Å². The average Bonchev–Trinajstić information content (AvgIpc) is 3.15. The van der Waals surface area contributed by atoms with Crippen LogP contribution in [0.15, 0.2) is 34.1 Å². The first-order chi connectivity index (χ1) is 10.2. The molecule has 1 saturated carbocycles. The molecule has 1 aliphatic carbocycles. The number of anilines is 1. The molecule has 0 unspecified atom stereocenters. The van der Waals surface area contributed by atoms with Gasteiger partial charge in [-0.2, -0.15) is 0 Å². The molecule has 1 aromatic carbocycles. The molecule has 4 rings (SSSR count). The Kier molecular flexibility index (Phi) is 2.60. The zero-order valence-corrected chi connectivity index (χ0v) is 11.7. The van der Waals surface area contributed by atoms with E-state index < -0.39 is 0 Å². The highest BCUT2D eigenvalue weighted by Crippen LogP contribution is 2.36. The third-order valence-corrected chi connectivity index (χ3v) is 3.90. The molecule has 2 heterocycles. The van der Waals surface area contributed by atoms with Crippen molar-refractivity contribution in [2.24, 2.45) is 4.99 Å². The maximum Gasteiger partial charge on any atom is 0.273 e. The lowest BCUT2D eigenvalue weighted by atomic mass is 10.0. The standard InChI is InChI=1S/C16H16N4O/c1-9-12(11-4-2-3-5-14(11)17-9)8-13-15(18-10-6-7-10)19-20-16(13)21/h2-5,8,10H,6-7H2,1H3,(H3,18,19,20,21). The van der Waals surface area contributed by atoms with Gasteiger partial charge in [0.2, 0.25) is 0 Å². The number of H-pyrrole nitrogens is 2. The van der Waals surface area contributed by atoms with Gasteiger partial charge in [-0.15, -0.1) is 0 Å². The molecule has 5 nitrogen and oxygen atoms in total. The number of nitrogens with one attached hydrogen (secondary N) is 3. The van der Waals surface area contributed by atoms with E-state index in [1.54, 1.807) is 0 Å². The van der Waals surface area contributed by atoms with Crippen LogP contribution in [-0.2, 0) is 0 Å². The Labute approximate surface area is 121 Å². The highest BCUT2D eigenvalue weighted by molar-refractivity contribution is 6.31. The predicted octanol–water partition coefficient (Wildman–Crippen LogP) is 2.92. The molecule has 0 amide bonds. The molecule has 21 heavy (non-hydrogen) atoms. The van der Waals surface area contributed by atoms with Crippen LogP contribution >= 0.6 is 0 Å². The fraction of sp³-hybridized carbons (Fsp3) is 0.250. The molecule has 0 spiro atoms. The summed E-state index contributed by atoms with van der Waals surface area (Å²) in [6.45, 7) is 1.97. The van der Waals surface area contributed by atoms with Crippen molar-refractivity contribution >= 4 is 28.9 Å². The van der Waals surface area contributed by atoms with Crippen LogP contribution in [-0.4, -0.2) is 22.0 Å². The number of aliphatic imine (C=N–C) groups is 1. The molecule has 1 fully saturated rings. The summed E-state index contributed by atoms with van der Waals surface area (Å²) >= 11 is 0. The number of fused-ring (bicyclic) bond motifs is 1. The molecule has 0 atom stereocenters. The Morgan fingerprint density at radius 3 is 2.90 bits per heavy atom. The van der Waals surface area contributed by atoms with Crippen molar-refractivity contribution in [2.45, 2.75) is 25.8 Å². The highest BCUT2D eigenvalue weighted by Gasteiger charge is 2.24. The predicted molar refractivity (Wildman–Crippen MR) is 85.1 cm³/mol. The second-order valence-corrected chi connectivity index (χ2v) is 5.56. The Morgan fingerprint density at radius 1 is 1.29 bits per heavy atom. The SMILES string of the molecule is CC1=Nc2ccccc2C1=Cc1c(NC2CC2)[nH][nH]c1=O. The smallest absolute Gasteiger partial charge is 0.273 e. The minimum atomic E-state index is -0.108. The second kappa shape index (κ2) is 4.48. The fourth-order valence-corrected chi connectivity index (χ4v) is 2.61. The summed E-state index contributed by atoms with van der Waals surface area (Å²) in [5.41, 5.74) is 4.52. The molecule has 3 N–H and O–H groups in total. The van der Waals surface area contributed by atoms with Crippen molar-refractivity contribution < 1.29 is 0 Å². The number of aromatic nitrogens is 2. The second-order valence-electron chi connectivity index (χ2n) is 5.56. The van der Waals surface area contributed by atoms with Crippen LogP contribution in [0.3, 0.4) is 0 Å². The third kappa shape index (κ3) is 2.11. The van der Waals surface area contributed by atoms with E-state index in [2.05, 4.69) is 20.5 Å². The van der Waals surface area contributed by atoms with Crippen LogP contribution in [0, 0.1) is 0 Å². The van der Waals surface area contributed by atoms with Crippen LogP contribution in [0.25, 0.3) is 11.6 Å². The van der Waals surface area contributed by atoms with Gasteiger partial charge in [-0.3, -0.25) is 20.0 Å². The Balaban J connectivity index is 1.80. The van der Waals surface area contributed by atoms with E-state index in [4.69, 9.17) is 0 Å². The van der Waals surface area contributed by atoms with Gasteiger partial charge >= 0.3 is 0 Å². The number of para-hydroxylation sites is 1. The van der Waals surface area contributed by atoms with Gasteiger partial charge in [-0.05, 0) is 31.9 Å². The lowest BCUT2D eigenvalue weighted by molar-refractivity contribution is 1.03. The molecular weight excluding hydrogens is 264 g/mol. The molecular formula is C16H16N4O. The number of hydrogen-bond acceptors (Lipinski definition) is 3. The number of benzene rings is 1. The summed E-state index contributed by atoms with van der Waals surface area (Å²) in [6, 6.07) is 8.48. The van der Waals surface area contributed by atoms with Crippen LogP contribution in [0.1, 0.15) is 30.9 Å². The minimum absolute atomic E-state index is 0.108. The molecule has 0 bridgehead atoms. The number of hydrogen-bond donors (Lipinski definition) is 3. The van der Waals surface area contributed by atoms with Crippen LogP contribution < -0.4 is 10.9 Å². The van der Waals surface area contributed by atoms with Crippen molar-refractivity contribution in [3.8, 4) is 0 Å². The monoisotopic (exact) mass is 280 g/mol. The number of rotatable bonds is 3. The van der Waals surface area contributed by atoms with E-state index in [0.29, 0.717) is 11.6 Å². The van der Waals surface area contributed by atoms with Crippen molar-refractivity contribution in [1.82, 2.24) is 10.2 Å². The quantitative estimate of drug-likeness (QED) is 0.808. The van der Waals surface area contributed by atoms with Gasteiger partial charge < -0.3 is 5.32 Å². The van der Waals surface area contributed by atoms with E-state index in [1.165, 1.54) is 0 Å². The van der Waals surface area contributed by atoms with E-state index in [0.717, 1.165) is 41.2 Å². The lowest BCUT2D eigenvalue weighted by Crippen LogP contribution is -2.06. The first kappa shape index (κ1) is 12.2. The molecule has 1 aliphatic heterocycles. The molecule has 1 aromatic heterocycles. The Bertz CT molecular complexity index is 821. The normalized spacial score (nSPS) is 18.7. The van der Waals surface area contributed by atoms with Gasteiger partial charge in [0.15, 0.2) is 0 Å². The third-order valence-electron chi connectivity index (χ3n) is 3.90. The zero-order valence-electron chi connectivity index (χ0n) is 11.7. The summed E-state index contributed by atoms with van der Waals surface area (Å²) in [4.78, 5) is 16.6. The first-order valence-electron chi connectivity index (χ1n) is 7.16. The summed E-state index contributed by atoms with van der Waals surface area (Å²) in [5, 5.41) is 8.93. The molecule has 0 saturated heterocycles. The van der Waals surface area contributed by atoms with Gasteiger partial charge in [0.1, 0.15) is 5.82 Å². The Morgan fingerprint density at radius 2 is 2.10 bits per heavy atom. The largest absolute Gasteiger partial charge is 0.367 e. The van der Waals surface area contributed by atoms with Gasteiger partial charge in [-0.1, -0.05) is 18.2 Å². The zero-order chi connectivity index (χ0) is 14.4. The summed E-state index contributed by atoms with van der Waals surface area (Å²) in [6.07, 6.45) is 4.24. The molecule has 2 aliphatic rings. The maximum absolute atomic E-state index is 12.0. The summed E-state index contributed by atoms with van der Waals surface area (Å²) in [7, 11) is 0. The van der Waals surface area contributed by atoms with Gasteiger partial charge in [0.05, 0.1) is 11.3 Å². The maximum atomic E-state index is 12.0. The topological polar surface area (TPSA) is 73.0 Å². The summed E-state index contributed by atoms with van der Waals surface area (Å²) in [5.74, 6) is 0.771. The number of allylic oxidation sites excluding steroid dienone is 1. The van der Waals surface area contributed by atoms with E-state index in [1.807, 2.05) is 37.3 Å². The summed E-state index contributed by atoms with van der Waals surface area (Å²) < 4.78 is 0. The molecule has 2 aromatic rings. The van der Waals surface area contributed by atoms with Crippen LogP contribution in [0.5, 0.6) is 0 Å². The minimum Gasteiger partial charge on any atom is -0.367 e. The highest BCUT2D eigenvalue weighted by atomic mass is 16.1. The van der Waals surface area contributed by atoms with Crippen LogP contribution in [0.4, 0.5) is 11.5 Å². The van der Waals surface area contributed by atoms with E-state index in [9.17, 15) is 4.79 Å². The van der Waals surface area contributed by atoms with Gasteiger partial charge in [-0.25, -0.2) is 0 Å². The van der Waals surface area contributed by atoms with Gasteiger partial charge in [0, 0.05) is 22.9 Å². The average molecular weight is 280 g/mol. The van der Waals surface area contributed by atoms with Crippen molar-refractivity contribution in [3.05, 3.63) is 45.7 Å². The van der Waals surface area contributed by atoms with Crippen molar-refractivity contribution in [2.75, 3.05) is 5.32 Å². The first-order valence-corrected chi connectivity index (χ1v) is 7.16. The Hall–Kier alpha value is -2.56. The number of aromatic amines is 2.